The smallest absolute Gasteiger partial charge is 0.260 e. The molecule has 0 amide bonds. The van der Waals surface area contributed by atoms with Crippen molar-refractivity contribution in [2.45, 2.75) is 5.41 Å². The second-order valence-corrected chi connectivity index (χ2v) is 15.5. The van der Waals surface area contributed by atoms with Crippen molar-refractivity contribution >= 4 is 33.9 Å². The van der Waals surface area contributed by atoms with Gasteiger partial charge >= 0.3 is 0 Å². The first-order valence-corrected chi connectivity index (χ1v) is 19.5. The monoisotopic (exact) mass is 710 g/mol. The molecule has 0 atom stereocenters. The molecule has 3 heteroatoms. The van der Waals surface area contributed by atoms with Crippen molar-refractivity contribution in [1.29, 1.82) is 0 Å². The summed E-state index contributed by atoms with van der Waals surface area (Å²) in [5.74, 6) is 3.48. The fourth-order valence-corrected chi connectivity index (χ4v) is 10.6. The van der Waals surface area contributed by atoms with E-state index in [2.05, 4.69) is 188 Å². The Morgan fingerprint density at radius 2 is 0.911 bits per heavy atom. The lowest BCUT2D eigenvalue weighted by Crippen LogP contribution is -2.57. The highest BCUT2D eigenvalue weighted by Gasteiger charge is 2.52. The van der Waals surface area contributed by atoms with Gasteiger partial charge in [0.1, 0.15) is 23.0 Å². The van der Waals surface area contributed by atoms with Crippen LogP contribution in [-0.2, 0) is 5.41 Å². The van der Waals surface area contributed by atoms with E-state index < -0.39 is 5.41 Å². The lowest BCUT2D eigenvalue weighted by atomic mass is 9.35. The number of benzene rings is 9. The van der Waals surface area contributed by atoms with Gasteiger partial charge in [-0.2, -0.15) is 0 Å². The van der Waals surface area contributed by atoms with E-state index in [4.69, 9.17) is 9.47 Å². The Hall–Kier alpha value is -7.10. The average molecular weight is 711 g/mol. The molecule has 4 aliphatic rings. The molecule has 258 valence electrons. The van der Waals surface area contributed by atoms with E-state index >= 15 is 0 Å². The molecule has 9 aromatic rings. The van der Waals surface area contributed by atoms with E-state index in [0.29, 0.717) is 0 Å². The minimum atomic E-state index is -0.444. The standard InChI is InChI=1S/C53H31BO2/c1-2-16-37-32(13-1)26-28-43-51(37)40-27-25-33(29-44(40)53(43)41-19-7-5-17-38(41)39-18-6-8-20-42(39)53)35-14-3-4-15-36(35)34-30-49-52-50(31-34)56-48-24-12-10-22-46(48)54(52)45-21-9-11-23-47(45)55-49/h1-31H. The molecule has 2 aliphatic carbocycles. The minimum Gasteiger partial charge on any atom is -0.458 e. The molecule has 0 bridgehead atoms. The van der Waals surface area contributed by atoms with Crippen LogP contribution in [0.25, 0.3) is 55.3 Å². The van der Waals surface area contributed by atoms with Gasteiger partial charge < -0.3 is 9.47 Å². The molecule has 0 aromatic heterocycles. The number of ether oxygens (including phenoxy) is 2. The van der Waals surface area contributed by atoms with Gasteiger partial charge in [0.2, 0.25) is 0 Å². The van der Waals surface area contributed by atoms with Crippen LogP contribution in [0.2, 0.25) is 0 Å². The highest BCUT2D eigenvalue weighted by atomic mass is 16.5. The quantitative estimate of drug-likeness (QED) is 0.166. The second kappa shape index (κ2) is 11.0. The van der Waals surface area contributed by atoms with Gasteiger partial charge in [0, 0.05) is 5.46 Å². The molecule has 56 heavy (non-hydrogen) atoms. The maximum Gasteiger partial charge on any atom is 0.260 e. The van der Waals surface area contributed by atoms with Crippen molar-refractivity contribution in [3.05, 3.63) is 210 Å². The van der Waals surface area contributed by atoms with E-state index in [0.717, 1.165) is 39.6 Å². The Bertz CT molecular complexity index is 3060. The summed E-state index contributed by atoms with van der Waals surface area (Å²) in [4.78, 5) is 0. The highest BCUT2D eigenvalue weighted by Crippen LogP contribution is 2.64. The van der Waals surface area contributed by atoms with Crippen LogP contribution >= 0.6 is 0 Å². The van der Waals surface area contributed by atoms with Crippen LogP contribution in [0.3, 0.4) is 0 Å². The molecule has 1 spiro atoms. The summed E-state index contributed by atoms with van der Waals surface area (Å²) in [5.41, 5.74) is 18.2. The maximum atomic E-state index is 6.73. The van der Waals surface area contributed by atoms with E-state index in [1.165, 1.54) is 77.3 Å². The predicted octanol–water partition coefficient (Wildman–Crippen LogP) is 11.2. The fraction of sp³-hybridized carbons (Fsp3) is 0.0189. The molecule has 0 saturated carbocycles. The largest absolute Gasteiger partial charge is 0.458 e. The average Bonchev–Trinajstić information content (AvgIpc) is 3.73. The summed E-state index contributed by atoms with van der Waals surface area (Å²) in [6.07, 6.45) is 0. The van der Waals surface area contributed by atoms with Crippen LogP contribution in [0, 0.1) is 0 Å². The van der Waals surface area contributed by atoms with E-state index in [1.807, 2.05) is 0 Å². The Labute approximate surface area is 325 Å². The molecule has 2 aliphatic heterocycles. The van der Waals surface area contributed by atoms with Crippen LogP contribution in [0.15, 0.2) is 188 Å². The zero-order valence-electron chi connectivity index (χ0n) is 30.3. The third-order valence-electron chi connectivity index (χ3n) is 12.8. The van der Waals surface area contributed by atoms with Gasteiger partial charge in [-0.15, -0.1) is 0 Å². The molecular weight excluding hydrogens is 679 g/mol. The van der Waals surface area contributed by atoms with Gasteiger partial charge in [-0.05, 0) is 119 Å². The summed E-state index contributed by atoms with van der Waals surface area (Å²) in [5, 5.41) is 2.55. The molecule has 9 aromatic carbocycles. The molecule has 0 radical (unpaired) electrons. The number of fused-ring (bicyclic) bond motifs is 16. The third kappa shape index (κ3) is 3.82. The lowest BCUT2D eigenvalue weighted by molar-refractivity contribution is 0.465. The van der Waals surface area contributed by atoms with Gasteiger partial charge in [-0.3, -0.25) is 0 Å². The van der Waals surface area contributed by atoms with E-state index in [9.17, 15) is 0 Å². The van der Waals surface area contributed by atoms with Crippen molar-refractivity contribution in [2.24, 2.45) is 0 Å². The summed E-state index contributed by atoms with van der Waals surface area (Å²) >= 11 is 0. The van der Waals surface area contributed by atoms with E-state index in [1.54, 1.807) is 0 Å². The summed E-state index contributed by atoms with van der Waals surface area (Å²) in [6, 6.07) is 68.9. The molecule has 0 N–H and O–H groups in total. The van der Waals surface area contributed by atoms with Crippen molar-refractivity contribution < 1.29 is 9.47 Å². The van der Waals surface area contributed by atoms with Crippen LogP contribution in [0.5, 0.6) is 23.0 Å². The maximum absolute atomic E-state index is 6.73. The SMILES string of the molecule is c1ccc2c(c1)Oc1cc(-c3ccccc3-c3ccc4c(c3)C3(c5ccccc5-c5ccccc53)c3ccc5ccccc5c3-4)cc3c1B2c1ccccc1O3. The van der Waals surface area contributed by atoms with Gasteiger partial charge in [0.05, 0.1) is 5.41 Å². The Kier molecular flexibility index (Phi) is 5.94. The minimum absolute atomic E-state index is 0.0435. The molecular formula is C53H31BO2. The zero-order chi connectivity index (χ0) is 36.5. The predicted molar refractivity (Wildman–Crippen MR) is 229 cm³/mol. The second-order valence-electron chi connectivity index (χ2n) is 15.5. The summed E-state index contributed by atoms with van der Waals surface area (Å²) < 4.78 is 13.5. The first-order chi connectivity index (χ1) is 27.8. The van der Waals surface area contributed by atoms with Crippen LogP contribution < -0.4 is 25.9 Å². The molecule has 2 heterocycles. The van der Waals surface area contributed by atoms with Gasteiger partial charge in [0.15, 0.2) is 0 Å². The van der Waals surface area contributed by atoms with Crippen molar-refractivity contribution in [1.82, 2.24) is 0 Å². The topological polar surface area (TPSA) is 18.5 Å². The van der Waals surface area contributed by atoms with Crippen molar-refractivity contribution in [2.75, 3.05) is 0 Å². The third-order valence-corrected chi connectivity index (χ3v) is 12.8. The number of rotatable bonds is 2. The van der Waals surface area contributed by atoms with Gasteiger partial charge in [-0.25, -0.2) is 0 Å². The van der Waals surface area contributed by atoms with Crippen LogP contribution in [0.1, 0.15) is 22.3 Å². The van der Waals surface area contributed by atoms with E-state index in [-0.39, 0.29) is 6.71 Å². The van der Waals surface area contributed by atoms with Crippen LogP contribution in [0.4, 0.5) is 0 Å². The Morgan fingerprint density at radius 1 is 0.357 bits per heavy atom. The first-order valence-electron chi connectivity index (χ1n) is 19.5. The highest BCUT2D eigenvalue weighted by molar-refractivity contribution is 6.98. The molecule has 0 saturated heterocycles. The van der Waals surface area contributed by atoms with Crippen molar-refractivity contribution in [3.63, 3.8) is 0 Å². The summed E-state index contributed by atoms with van der Waals surface area (Å²) in [6.45, 7) is 0.0435. The molecule has 2 nitrogen and oxygen atoms in total. The van der Waals surface area contributed by atoms with Crippen LogP contribution in [-0.4, -0.2) is 6.71 Å². The lowest BCUT2D eigenvalue weighted by Gasteiger charge is -2.33. The van der Waals surface area contributed by atoms with Gasteiger partial charge in [-0.1, -0.05) is 158 Å². The Balaban J connectivity index is 1.04. The normalized spacial score (nSPS) is 14.1. The Morgan fingerprint density at radius 3 is 1.59 bits per heavy atom. The van der Waals surface area contributed by atoms with Gasteiger partial charge in [0.25, 0.3) is 6.71 Å². The number of para-hydroxylation sites is 2. The molecule has 0 fully saturated rings. The fourth-order valence-electron chi connectivity index (χ4n) is 10.6. The zero-order valence-corrected chi connectivity index (χ0v) is 30.3. The first kappa shape index (κ1) is 30.3. The number of hydrogen-bond acceptors (Lipinski definition) is 2. The molecule has 13 rings (SSSR count). The number of hydrogen-bond donors (Lipinski definition) is 0. The molecule has 0 unspecified atom stereocenters. The summed E-state index contributed by atoms with van der Waals surface area (Å²) in [7, 11) is 0. The van der Waals surface area contributed by atoms with Crippen molar-refractivity contribution in [3.8, 4) is 67.5 Å².